The Hall–Kier alpha value is 1.12. The minimum absolute atomic E-state index is 0. The predicted molar refractivity (Wildman–Crippen MR) is 71.7 cm³/mol. The van der Waals surface area contributed by atoms with Crippen LogP contribution in [0, 0.1) is 0 Å². The van der Waals surface area contributed by atoms with Crippen LogP contribution in [0.2, 0.25) is 10.5 Å². The summed E-state index contributed by atoms with van der Waals surface area (Å²) in [6.07, 6.45) is 8.86. The molecule has 0 atom stereocenters. The Morgan fingerprint density at radius 3 is 1.38 bits per heavy atom. The van der Waals surface area contributed by atoms with Crippen LogP contribution in [-0.4, -0.2) is 15.4 Å². The van der Waals surface area contributed by atoms with Gasteiger partial charge in [0.05, 0.1) is 0 Å². The summed E-state index contributed by atoms with van der Waals surface area (Å²) >= 11 is -0.0149. The van der Waals surface area contributed by atoms with Gasteiger partial charge >= 0.3 is 78.3 Å². The van der Waals surface area contributed by atoms with Crippen molar-refractivity contribution in [1.29, 1.82) is 0 Å². The van der Waals surface area contributed by atoms with E-state index in [2.05, 4.69) is 13.8 Å². The van der Waals surface area contributed by atoms with Crippen LogP contribution < -0.4 is 0 Å². The maximum atomic E-state index is 2.30. The maximum absolute atomic E-state index is 2.30. The first kappa shape index (κ1) is 19.7. The van der Waals surface area contributed by atoms with E-state index in [1.807, 2.05) is 0 Å². The smallest absolute Gasteiger partial charge is 0.147 e. The Balaban J connectivity index is -0.000000500. The fourth-order valence-electron chi connectivity index (χ4n) is 1.38. The molecule has 0 unspecified atom stereocenters. The van der Waals surface area contributed by atoms with Gasteiger partial charge in [0, 0.05) is 0 Å². The quantitative estimate of drug-likeness (QED) is 0.464. The molecular formula is C10H26Cl2Ge. The summed E-state index contributed by atoms with van der Waals surface area (Å²) in [6, 6.07) is 0. The molecule has 0 aromatic heterocycles. The number of unbranched alkanes of at least 4 members (excludes halogenated alkanes) is 4. The third-order valence-electron chi connectivity index (χ3n) is 2.21. The van der Waals surface area contributed by atoms with Crippen molar-refractivity contribution in [3.63, 3.8) is 0 Å². The van der Waals surface area contributed by atoms with E-state index in [9.17, 15) is 0 Å². The Morgan fingerprint density at radius 2 is 1.08 bits per heavy atom. The summed E-state index contributed by atoms with van der Waals surface area (Å²) in [5.41, 5.74) is 0. The largest absolute Gasteiger partial charge is 0.147 e. The maximum Gasteiger partial charge on any atom is -0.147 e. The monoisotopic (exact) mass is 290 g/mol. The first-order valence-corrected chi connectivity index (χ1v) is 9.61. The second-order valence-electron chi connectivity index (χ2n) is 3.47. The molecule has 84 valence electrons. The molecule has 3 heteroatoms. The Bertz CT molecular complexity index is 61.9. The third-order valence-corrected chi connectivity index (χ3v) is 6.40. The fourth-order valence-corrected chi connectivity index (χ4v) is 5.09. The SMILES string of the molecule is CCCC[CH2][GeH2][CH2]CCCC.Cl.Cl. The molecular weight excluding hydrogens is 264 g/mol. The molecule has 0 nitrogen and oxygen atoms in total. The summed E-state index contributed by atoms with van der Waals surface area (Å²) in [7, 11) is 0. The molecule has 0 rings (SSSR count). The summed E-state index contributed by atoms with van der Waals surface area (Å²) in [5.74, 6) is 0. The molecule has 0 aromatic carbocycles. The van der Waals surface area contributed by atoms with E-state index in [0.717, 1.165) is 0 Å². The molecule has 0 N–H and O–H groups in total. The third kappa shape index (κ3) is 19.5. The van der Waals surface area contributed by atoms with Gasteiger partial charge in [-0.3, -0.25) is 0 Å². The molecule has 0 heterocycles. The minimum atomic E-state index is -0.0149. The topological polar surface area (TPSA) is 0 Å². The molecule has 0 aromatic rings. The van der Waals surface area contributed by atoms with Gasteiger partial charge < -0.3 is 0 Å². The molecule has 0 radical (unpaired) electrons. The van der Waals surface area contributed by atoms with Gasteiger partial charge in [0.15, 0.2) is 0 Å². The van der Waals surface area contributed by atoms with E-state index in [4.69, 9.17) is 0 Å². The standard InChI is InChI=1S/C10H24Ge.2ClH/c1-3-5-7-9-11-10-8-6-4-2;;/h3-11H2,1-2H3;2*1H. The molecule has 0 spiro atoms. The van der Waals surface area contributed by atoms with Gasteiger partial charge in [-0.1, -0.05) is 0 Å². The van der Waals surface area contributed by atoms with Gasteiger partial charge in [-0.15, -0.1) is 24.8 Å². The zero-order valence-corrected chi connectivity index (χ0v) is 13.8. The molecule has 0 bridgehead atoms. The van der Waals surface area contributed by atoms with Crippen LogP contribution in [0.1, 0.15) is 52.4 Å². The average Bonchev–Trinajstić information content (AvgIpc) is 2.03. The Kier molecular flexibility index (Phi) is 28.5. The Morgan fingerprint density at radius 1 is 0.692 bits per heavy atom. The van der Waals surface area contributed by atoms with Gasteiger partial charge in [-0.05, 0) is 0 Å². The number of hydrogen-bond donors (Lipinski definition) is 0. The number of hydrogen-bond acceptors (Lipinski definition) is 0. The van der Waals surface area contributed by atoms with Crippen molar-refractivity contribution in [1.82, 2.24) is 0 Å². The van der Waals surface area contributed by atoms with Crippen LogP contribution in [0.25, 0.3) is 0 Å². The second-order valence-corrected chi connectivity index (χ2v) is 7.93. The van der Waals surface area contributed by atoms with Crippen LogP contribution in [0.3, 0.4) is 0 Å². The molecule has 0 saturated carbocycles. The van der Waals surface area contributed by atoms with Crippen LogP contribution in [0.5, 0.6) is 0 Å². The van der Waals surface area contributed by atoms with Gasteiger partial charge in [0.2, 0.25) is 0 Å². The first-order valence-electron chi connectivity index (χ1n) is 5.41. The van der Waals surface area contributed by atoms with E-state index in [1.54, 1.807) is 23.3 Å². The van der Waals surface area contributed by atoms with Crippen molar-refractivity contribution >= 4 is 40.2 Å². The van der Waals surface area contributed by atoms with Crippen LogP contribution in [0.4, 0.5) is 0 Å². The van der Waals surface area contributed by atoms with Crippen molar-refractivity contribution < 1.29 is 0 Å². The molecule has 0 aliphatic carbocycles. The van der Waals surface area contributed by atoms with E-state index in [-0.39, 0.29) is 40.2 Å². The van der Waals surface area contributed by atoms with Crippen molar-refractivity contribution in [2.75, 3.05) is 0 Å². The summed E-state index contributed by atoms with van der Waals surface area (Å²) in [5, 5.41) is 3.31. The van der Waals surface area contributed by atoms with Gasteiger partial charge in [-0.2, -0.15) is 0 Å². The molecule has 0 saturated heterocycles. The number of halogens is 2. The molecule has 0 aliphatic heterocycles. The average molecular weight is 290 g/mol. The van der Waals surface area contributed by atoms with Crippen LogP contribution >= 0.6 is 24.8 Å². The predicted octanol–water partition coefficient (Wildman–Crippen LogP) is 4.22. The normalized spacial score (nSPS) is 8.77. The summed E-state index contributed by atoms with van der Waals surface area (Å²) < 4.78 is 0. The number of rotatable bonds is 8. The van der Waals surface area contributed by atoms with Crippen molar-refractivity contribution in [3.8, 4) is 0 Å². The van der Waals surface area contributed by atoms with E-state index in [1.165, 1.54) is 25.7 Å². The van der Waals surface area contributed by atoms with Crippen molar-refractivity contribution in [3.05, 3.63) is 0 Å². The van der Waals surface area contributed by atoms with Gasteiger partial charge in [0.1, 0.15) is 0 Å². The molecule has 0 fully saturated rings. The van der Waals surface area contributed by atoms with Crippen molar-refractivity contribution in [2.24, 2.45) is 0 Å². The van der Waals surface area contributed by atoms with E-state index >= 15 is 0 Å². The summed E-state index contributed by atoms with van der Waals surface area (Å²) in [6.45, 7) is 4.59. The summed E-state index contributed by atoms with van der Waals surface area (Å²) in [4.78, 5) is 0. The minimum Gasteiger partial charge on any atom is -0.147 e. The Labute approximate surface area is 103 Å². The molecule has 0 aliphatic rings. The zero-order chi connectivity index (χ0) is 8.36. The van der Waals surface area contributed by atoms with Crippen LogP contribution in [0.15, 0.2) is 0 Å². The zero-order valence-electron chi connectivity index (χ0n) is 9.18. The van der Waals surface area contributed by atoms with Crippen molar-refractivity contribution in [2.45, 2.75) is 62.9 Å². The molecule has 0 amide bonds. The fraction of sp³-hybridized carbons (Fsp3) is 1.00. The first-order chi connectivity index (χ1) is 5.41. The van der Waals surface area contributed by atoms with E-state index < -0.39 is 0 Å². The van der Waals surface area contributed by atoms with Gasteiger partial charge in [-0.25, -0.2) is 0 Å². The second kappa shape index (κ2) is 18.8. The van der Waals surface area contributed by atoms with Crippen LogP contribution in [-0.2, 0) is 0 Å². The van der Waals surface area contributed by atoms with E-state index in [0.29, 0.717) is 0 Å². The van der Waals surface area contributed by atoms with Gasteiger partial charge in [0.25, 0.3) is 0 Å². The molecule has 13 heavy (non-hydrogen) atoms.